The molecule has 6 nitrogen and oxygen atoms in total. The summed E-state index contributed by atoms with van der Waals surface area (Å²) in [4.78, 5) is 16.8. The van der Waals surface area contributed by atoms with Crippen molar-refractivity contribution in [2.75, 3.05) is 49.6 Å². The van der Waals surface area contributed by atoms with Crippen LogP contribution in [0.5, 0.6) is 5.75 Å². The van der Waals surface area contributed by atoms with Crippen molar-refractivity contribution >= 4 is 28.0 Å². The predicted molar refractivity (Wildman–Crippen MR) is 132 cm³/mol. The number of pyridine rings is 1. The monoisotopic (exact) mass is 468 g/mol. The molecule has 180 valence electrons. The number of aromatic nitrogens is 1. The van der Waals surface area contributed by atoms with Gasteiger partial charge in [0.1, 0.15) is 5.75 Å². The first-order chi connectivity index (χ1) is 16.4. The fourth-order valence-electron chi connectivity index (χ4n) is 5.26. The van der Waals surface area contributed by atoms with Crippen molar-refractivity contribution in [3.8, 4) is 5.75 Å². The number of fused-ring (bicyclic) bond motifs is 2. The Balaban J connectivity index is 1.71. The zero-order valence-corrected chi connectivity index (χ0v) is 19.8. The average Bonchev–Trinajstić information content (AvgIpc) is 2.86. The SMILES string of the molecule is COc1cc(N2CCCc3cc(N4CCNCC4)c(C(F)F)cc32)c2cc(C)c(=O)n(C)c2c1. The minimum atomic E-state index is -2.57. The summed E-state index contributed by atoms with van der Waals surface area (Å²) < 4.78 is 35.7. The quantitative estimate of drug-likeness (QED) is 0.619. The lowest BCUT2D eigenvalue weighted by Gasteiger charge is -2.36. The van der Waals surface area contributed by atoms with Crippen LogP contribution in [0.25, 0.3) is 10.9 Å². The molecule has 0 radical (unpaired) electrons. The van der Waals surface area contributed by atoms with Crippen LogP contribution in [0.3, 0.4) is 0 Å². The van der Waals surface area contributed by atoms with E-state index < -0.39 is 6.43 Å². The molecule has 1 N–H and O–H groups in total. The van der Waals surface area contributed by atoms with Crippen LogP contribution in [0.4, 0.5) is 25.8 Å². The Hall–Kier alpha value is -3.13. The maximum Gasteiger partial charge on any atom is 0.265 e. The van der Waals surface area contributed by atoms with E-state index in [-0.39, 0.29) is 11.1 Å². The van der Waals surface area contributed by atoms with E-state index in [4.69, 9.17) is 4.74 Å². The molecule has 1 fully saturated rings. The van der Waals surface area contributed by atoms with Gasteiger partial charge in [0.05, 0.1) is 18.3 Å². The molecule has 1 aromatic heterocycles. The number of methoxy groups -OCH3 is 1. The summed E-state index contributed by atoms with van der Waals surface area (Å²) in [7, 11) is 3.34. The van der Waals surface area contributed by atoms with Gasteiger partial charge in [-0.05, 0) is 43.5 Å². The van der Waals surface area contributed by atoms with Crippen LogP contribution < -0.4 is 25.4 Å². The molecule has 5 rings (SSSR count). The second-order valence-corrected chi connectivity index (χ2v) is 9.10. The Bertz CT molecular complexity index is 1300. The van der Waals surface area contributed by atoms with Crippen LogP contribution in [0.1, 0.15) is 29.5 Å². The van der Waals surface area contributed by atoms with Crippen LogP contribution in [0, 0.1) is 6.92 Å². The Morgan fingerprint density at radius 1 is 1.00 bits per heavy atom. The molecule has 2 aromatic carbocycles. The first-order valence-electron chi connectivity index (χ1n) is 11.8. The number of alkyl halides is 2. The molecular weight excluding hydrogens is 438 g/mol. The second kappa shape index (κ2) is 8.91. The number of hydrogen-bond donors (Lipinski definition) is 1. The second-order valence-electron chi connectivity index (χ2n) is 9.10. The highest BCUT2D eigenvalue weighted by Gasteiger charge is 2.27. The first kappa shape index (κ1) is 22.7. The molecule has 34 heavy (non-hydrogen) atoms. The van der Waals surface area contributed by atoms with Crippen molar-refractivity contribution in [1.29, 1.82) is 0 Å². The molecule has 3 aromatic rings. The summed E-state index contributed by atoms with van der Waals surface area (Å²) in [6, 6.07) is 9.33. The summed E-state index contributed by atoms with van der Waals surface area (Å²) in [5.41, 5.74) is 4.79. The summed E-state index contributed by atoms with van der Waals surface area (Å²) in [6.45, 7) is 5.52. The van der Waals surface area contributed by atoms with E-state index in [9.17, 15) is 13.6 Å². The normalized spacial score (nSPS) is 16.3. The predicted octanol–water partition coefficient (Wildman–Crippen LogP) is 4.29. The van der Waals surface area contributed by atoms with Gasteiger partial charge in [-0.25, -0.2) is 8.78 Å². The Morgan fingerprint density at radius 3 is 2.47 bits per heavy atom. The number of aryl methyl sites for hydroxylation is 3. The molecule has 0 atom stereocenters. The van der Waals surface area contributed by atoms with Gasteiger partial charge in [0.15, 0.2) is 0 Å². The van der Waals surface area contributed by atoms with Crippen LogP contribution in [0.15, 0.2) is 35.1 Å². The van der Waals surface area contributed by atoms with E-state index in [2.05, 4.69) is 15.1 Å². The number of halogens is 2. The molecule has 0 saturated carbocycles. The fourth-order valence-corrected chi connectivity index (χ4v) is 5.26. The number of anilines is 3. The van der Waals surface area contributed by atoms with Crippen molar-refractivity contribution < 1.29 is 13.5 Å². The van der Waals surface area contributed by atoms with E-state index in [0.717, 1.165) is 66.9 Å². The van der Waals surface area contributed by atoms with Crippen molar-refractivity contribution in [3.63, 3.8) is 0 Å². The van der Waals surface area contributed by atoms with E-state index in [0.29, 0.717) is 23.5 Å². The minimum absolute atomic E-state index is 0.0635. The lowest BCUT2D eigenvalue weighted by Crippen LogP contribution is -2.44. The molecule has 2 aliphatic rings. The third kappa shape index (κ3) is 3.79. The Kier molecular flexibility index (Phi) is 5.93. The molecule has 2 aliphatic heterocycles. The van der Waals surface area contributed by atoms with Gasteiger partial charge in [-0.15, -0.1) is 0 Å². The van der Waals surface area contributed by atoms with Gasteiger partial charge in [-0.2, -0.15) is 0 Å². The van der Waals surface area contributed by atoms with Crippen LogP contribution in [0.2, 0.25) is 0 Å². The third-order valence-electron chi connectivity index (χ3n) is 7.04. The number of piperazine rings is 1. The van der Waals surface area contributed by atoms with Gasteiger partial charge in [0.2, 0.25) is 0 Å². The summed E-state index contributed by atoms with van der Waals surface area (Å²) >= 11 is 0. The molecule has 0 amide bonds. The molecular formula is C26H30F2N4O2. The highest BCUT2D eigenvalue weighted by atomic mass is 19.3. The third-order valence-corrected chi connectivity index (χ3v) is 7.04. The molecule has 8 heteroatoms. The molecule has 1 saturated heterocycles. The van der Waals surface area contributed by atoms with Gasteiger partial charge >= 0.3 is 0 Å². The van der Waals surface area contributed by atoms with Crippen molar-refractivity contribution in [2.45, 2.75) is 26.2 Å². The topological polar surface area (TPSA) is 49.7 Å². The fraction of sp³-hybridized carbons (Fsp3) is 0.423. The average molecular weight is 469 g/mol. The van der Waals surface area contributed by atoms with Crippen LogP contribution in [-0.4, -0.2) is 44.4 Å². The van der Waals surface area contributed by atoms with Gasteiger partial charge in [-0.1, -0.05) is 0 Å². The lowest BCUT2D eigenvalue weighted by molar-refractivity contribution is 0.151. The number of nitrogens with zero attached hydrogens (tertiary/aromatic N) is 3. The Morgan fingerprint density at radius 2 is 1.76 bits per heavy atom. The van der Waals surface area contributed by atoms with E-state index >= 15 is 0 Å². The van der Waals surface area contributed by atoms with E-state index in [1.165, 1.54) is 0 Å². The van der Waals surface area contributed by atoms with Gasteiger partial charge in [-0.3, -0.25) is 4.79 Å². The van der Waals surface area contributed by atoms with Crippen molar-refractivity contribution in [1.82, 2.24) is 9.88 Å². The highest BCUT2D eigenvalue weighted by Crippen LogP contribution is 2.43. The smallest absolute Gasteiger partial charge is 0.265 e. The Labute approximate surface area is 197 Å². The molecule has 0 unspecified atom stereocenters. The summed E-state index contributed by atoms with van der Waals surface area (Å²) in [5.74, 6) is 0.625. The number of ether oxygens (including phenoxy) is 1. The summed E-state index contributed by atoms with van der Waals surface area (Å²) in [6.07, 6.45) is -0.816. The minimum Gasteiger partial charge on any atom is -0.497 e. The molecule has 3 heterocycles. The number of benzene rings is 2. The number of hydrogen-bond acceptors (Lipinski definition) is 5. The van der Waals surface area contributed by atoms with E-state index in [1.54, 1.807) is 31.7 Å². The van der Waals surface area contributed by atoms with Crippen molar-refractivity contribution in [3.05, 3.63) is 57.4 Å². The molecule has 0 aliphatic carbocycles. The molecule has 0 spiro atoms. The largest absolute Gasteiger partial charge is 0.497 e. The lowest BCUT2D eigenvalue weighted by atomic mass is 9.96. The zero-order valence-electron chi connectivity index (χ0n) is 19.8. The number of nitrogens with one attached hydrogen (secondary N) is 1. The van der Waals surface area contributed by atoms with Gasteiger partial charge in [0.25, 0.3) is 12.0 Å². The molecule has 0 bridgehead atoms. The van der Waals surface area contributed by atoms with Crippen LogP contribution in [-0.2, 0) is 13.5 Å². The van der Waals surface area contributed by atoms with Gasteiger partial charge in [0, 0.05) is 79.8 Å². The standard InChI is InChI=1S/C26H30F2N4O2/c1-16-11-19-22(30(2)26(16)33)13-18(34-3)14-24(19)32-8-4-5-17-12-23(31-9-6-29-7-10-31)20(25(27)28)15-21(17)32/h11-15,25,29H,4-10H2,1-3H3. The summed E-state index contributed by atoms with van der Waals surface area (Å²) in [5, 5.41) is 4.19. The first-order valence-corrected chi connectivity index (χ1v) is 11.8. The maximum absolute atomic E-state index is 14.3. The van der Waals surface area contributed by atoms with E-state index in [1.807, 2.05) is 24.3 Å². The van der Waals surface area contributed by atoms with Crippen molar-refractivity contribution in [2.24, 2.45) is 7.05 Å². The number of rotatable bonds is 4. The highest BCUT2D eigenvalue weighted by molar-refractivity contribution is 5.96. The van der Waals surface area contributed by atoms with Gasteiger partial charge < -0.3 is 24.4 Å². The zero-order chi connectivity index (χ0) is 24.0. The van der Waals surface area contributed by atoms with Crippen LogP contribution >= 0.6 is 0 Å². The maximum atomic E-state index is 14.3.